The average Bonchev–Trinajstić information content (AvgIpc) is 2.69. The fourth-order valence-electron chi connectivity index (χ4n) is 2.56. The number of carbonyl (C=O) groups is 2. The standard InChI is InChI=1S/C22H15ClF3NO3/c1-13-2-4-14(5-3-13)21(29)30-19-11-8-16(23)12-18(19)20(28)27-17-9-6-15(7-10-17)22(24,25)26/h2-12H,1H3,(H,27,28). The van der Waals surface area contributed by atoms with Crippen LogP contribution in [0.3, 0.4) is 0 Å². The van der Waals surface area contributed by atoms with Crippen molar-refractivity contribution in [2.24, 2.45) is 0 Å². The third-order valence-corrected chi connectivity index (χ3v) is 4.38. The molecule has 0 heterocycles. The van der Waals surface area contributed by atoms with Crippen molar-refractivity contribution in [1.29, 1.82) is 0 Å². The Morgan fingerprint density at radius 3 is 2.17 bits per heavy atom. The van der Waals surface area contributed by atoms with Gasteiger partial charge in [-0.3, -0.25) is 4.79 Å². The fourth-order valence-corrected chi connectivity index (χ4v) is 2.73. The van der Waals surface area contributed by atoms with E-state index < -0.39 is 23.6 Å². The Bertz CT molecular complexity index is 1080. The summed E-state index contributed by atoms with van der Waals surface area (Å²) in [6, 6.07) is 14.8. The number of amides is 1. The molecule has 0 saturated carbocycles. The SMILES string of the molecule is Cc1ccc(C(=O)Oc2ccc(Cl)cc2C(=O)Nc2ccc(C(F)(F)F)cc2)cc1. The Labute approximate surface area is 175 Å². The van der Waals surface area contributed by atoms with Gasteiger partial charge in [-0.15, -0.1) is 0 Å². The van der Waals surface area contributed by atoms with E-state index in [1.165, 1.54) is 18.2 Å². The number of halogens is 4. The van der Waals surface area contributed by atoms with Crippen molar-refractivity contribution in [1.82, 2.24) is 0 Å². The highest BCUT2D eigenvalue weighted by Gasteiger charge is 2.30. The van der Waals surface area contributed by atoms with Crippen LogP contribution in [0.25, 0.3) is 0 Å². The number of alkyl halides is 3. The van der Waals surface area contributed by atoms with Crippen LogP contribution in [-0.2, 0) is 6.18 Å². The number of ether oxygens (including phenoxy) is 1. The molecule has 3 rings (SSSR count). The number of hydrogen-bond acceptors (Lipinski definition) is 3. The largest absolute Gasteiger partial charge is 0.422 e. The summed E-state index contributed by atoms with van der Waals surface area (Å²) in [6.45, 7) is 1.87. The van der Waals surface area contributed by atoms with Crippen molar-refractivity contribution in [2.75, 3.05) is 5.32 Å². The maximum Gasteiger partial charge on any atom is 0.416 e. The van der Waals surface area contributed by atoms with E-state index in [4.69, 9.17) is 16.3 Å². The van der Waals surface area contributed by atoms with Crippen molar-refractivity contribution >= 4 is 29.2 Å². The first-order valence-electron chi connectivity index (χ1n) is 8.70. The zero-order valence-corrected chi connectivity index (χ0v) is 16.3. The van der Waals surface area contributed by atoms with Crippen molar-refractivity contribution in [3.8, 4) is 5.75 Å². The molecule has 0 aliphatic heterocycles. The number of carbonyl (C=O) groups excluding carboxylic acids is 2. The Balaban J connectivity index is 1.81. The summed E-state index contributed by atoms with van der Waals surface area (Å²) < 4.78 is 43.4. The smallest absolute Gasteiger partial charge is 0.416 e. The molecule has 0 unspecified atom stereocenters. The molecule has 0 bridgehead atoms. The molecule has 4 nitrogen and oxygen atoms in total. The summed E-state index contributed by atoms with van der Waals surface area (Å²) in [5.41, 5.74) is 0.530. The molecule has 0 aliphatic carbocycles. The minimum Gasteiger partial charge on any atom is -0.422 e. The van der Waals surface area contributed by atoms with E-state index in [0.29, 0.717) is 5.56 Å². The van der Waals surface area contributed by atoms with Crippen LogP contribution in [0.4, 0.5) is 18.9 Å². The van der Waals surface area contributed by atoms with Gasteiger partial charge in [0.05, 0.1) is 16.7 Å². The number of rotatable bonds is 4. The molecule has 1 N–H and O–H groups in total. The van der Waals surface area contributed by atoms with Gasteiger partial charge in [0.2, 0.25) is 0 Å². The quantitative estimate of drug-likeness (QED) is 0.397. The normalized spacial score (nSPS) is 11.1. The van der Waals surface area contributed by atoms with E-state index in [1.807, 2.05) is 6.92 Å². The van der Waals surface area contributed by atoms with Gasteiger partial charge in [-0.25, -0.2) is 4.79 Å². The van der Waals surface area contributed by atoms with Gasteiger partial charge < -0.3 is 10.1 Å². The Morgan fingerprint density at radius 2 is 1.57 bits per heavy atom. The summed E-state index contributed by atoms with van der Waals surface area (Å²) >= 11 is 5.96. The van der Waals surface area contributed by atoms with E-state index in [9.17, 15) is 22.8 Å². The molecule has 0 spiro atoms. The lowest BCUT2D eigenvalue weighted by Gasteiger charge is -2.12. The van der Waals surface area contributed by atoms with Gasteiger partial charge in [-0.05, 0) is 61.5 Å². The van der Waals surface area contributed by atoms with Crippen LogP contribution in [-0.4, -0.2) is 11.9 Å². The first kappa shape index (κ1) is 21.4. The van der Waals surface area contributed by atoms with Crippen LogP contribution in [0.2, 0.25) is 5.02 Å². The summed E-state index contributed by atoms with van der Waals surface area (Å²) in [6.07, 6.45) is -4.48. The number of esters is 1. The highest BCUT2D eigenvalue weighted by Crippen LogP contribution is 2.30. The zero-order valence-electron chi connectivity index (χ0n) is 15.6. The molecule has 0 saturated heterocycles. The van der Waals surface area contributed by atoms with Gasteiger partial charge in [0, 0.05) is 10.7 Å². The fraction of sp³-hybridized carbons (Fsp3) is 0.0909. The second-order valence-electron chi connectivity index (χ2n) is 6.43. The summed E-state index contributed by atoms with van der Waals surface area (Å²) in [5.74, 6) is -1.39. The second-order valence-corrected chi connectivity index (χ2v) is 6.86. The Hall–Kier alpha value is -3.32. The predicted octanol–water partition coefficient (Wildman–Crippen LogP) is 6.14. The van der Waals surface area contributed by atoms with E-state index >= 15 is 0 Å². The molecular formula is C22H15ClF3NO3. The third-order valence-electron chi connectivity index (χ3n) is 4.15. The maximum atomic E-state index is 12.7. The minimum atomic E-state index is -4.48. The number of aryl methyl sites for hydroxylation is 1. The predicted molar refractivity (Wildman–Crippen MR) is 107 cm³/mol. The van der Waals surface area contributed by atoms with E-state index in [-0.39, 0.29) is 22.0 Å². The van der Waals surface area contributed by atoms with Crippen molar-refractivity contribution in [3.63, 3.8) is 0 Å². The van der Waals surface area contributed by atoms with Gasteiger partial charge >= 0.3 is 12.1 Å². The van der Waals surface area contributed by atoms with Gasteiger partial charge in [0.15, 0.2) is 0 Å². The Kier molecular flexibility index (Phi) is 6.12. The summed E-state index contributed by atoms with van der Waals surface area (Å²) in [4.78, 5) is 25.0. The number of anilines is 1. The maximum absolute atomic E-state index is 12.7. The zero-order chi connectivity index (χ0) is 21.9. The van der Waals surface area contributed by atoms with Gasteiger partial charge in [0.25, 0.3) is 5.91 Å². The molecular weight excluding hydrogens is 419 g/mol. The molecule has 0 aliphatic rings. The molecule has 0 atom stereocenters. The van der Waals surface area contributed by atoms with Crippen molar-refractivity contribution in [3.05, 3.63) is 94.0 Å². The van der Waals surface area contributed by atoms with Crippen LogP contribution in [0.1, 0.15) is 31.8 Å². The number of hydrogen-bond donors (Lipinski definition) is 1. The lowest BCUT2D eigenvalue weighted by Crippen LogP contribution is -2.16. The van der Waals surface area contributed by atoms with Crippen LogP contribution >= 0.6 is 11.6 Å². The van der Waals surface area contributed by atoms with Crippen molar-refractivity contribution in [2.45, 2.75) is 13.1 Å². The second kappa shape index (κ2) is 8.59. The van der Waals surface area contributed by atoms with E-state index in [2.05, 4.69) is 5.32 Å². The molecule has 1 amide bonds. The average molecular weight is 434 g/mol. The lowest BCUT2D eigenvalue weighted by molar-refractivity contribution is -0.137. The van der Waals surface area contributed by atoms with Gasteiger partial charge in [-0.1, -0.05) is 29.3 Å². The number of nitrogens with one attached hydrogen (secondary N) is 1. The van der Waals surface area contributed by atoms with E-state index in [1.54, 1.807) is 24.3 Å². The summed E-state index contributed by atoms with van der Waals surface area (Å²) in [5, 5.41) is 2.69. The van der Waals surface area contributed by atoms with Gasteiger partial charge in [-0.2, -0.15) is 13.2 Å². The third kappa shape index (κ3) is 5.18. The van der Waals surface area contributed by atoms with Crippen molar-refractivity contribution < 1.29 is 27.5 Å². The first-order chi connectivity index (χ1) is 14.1. The molecule has 3 aromatic rings. The van der Waals surface area contributed by atoms with Crippen LogP contribution < -0.4 is 10.1 Å². The molecule has 30 heavy (non-hydrogen) atoms. The molecule has 8 heteroatoms. The van der Waals surface area contributed by atoms with Crippen LogP contribution in [0.15, 0.2) is 66.7 Å². The monoisotopic (exact) mass is 433 g/mol. The highest BCUT2D eigenvalue weighted by atomic mass is 35.5. The van der Waals surface area contributed by atoms with E-state index in [0.717, 1.165) is 29.8 Å². The van der Waals surface area contributed by atoms with Crippen LogP contribution in [0.5, 0.6) is 5.75 Å². The lowest BCUT2D eigenvalue weighted by atomic mass is 10.1. The highest BCUT2D eigenvalue weighted by molar-refractivity contribution is 6.31. The minimum absolute atomic E-state index is 0.0330. The first-order valence-corrected chi connectivity index (χ1v) is 9.08. The molecule has 154 valence electrons. The molecule has 0 aromatic heterocycles. The summed E-state index contributed by atoms with van der Waals surface area (Å²) in [7, 11) is 0. The molecule has 0 fully saturated rings. The molecule has 3 aromatic carbocycles. The Morgan fingerprint density at radius 1 is 0.933 bits per heavy atom. The van der Waals surface area contributed by atoms with Gasteiger partial charge in [0.1, 0.15) is 5.75 Å². The topological polar surface area (TPSA) is 55.4 Å². The molecule has 0 radical (unpaired) electrons. The number of benzene rings is 3. The van der Waals surface area contributed by atoms with Crippen LogP contribution in [0, 0.1) is 6.92 Å².